The molecule has 0 aliphatic heterocycles. The van der Waals surface area contributed by atoms with Gasteiger partial charge in [0.05, 0.1) is 6.04 Å². The maximum atomic E-state index is 6.10. The van der Waals surface area contributed by atoms with Crippen LogP contribution in [0.5, 0.6) is 0 Å². The van der Waals surface area contributed by atoms with Gasteiger partial charge >= 0.3 is 0 Å². The highest BCUT2D eigenvalue weighted by atomic mass is 127. The van der Waals surface area contributed by atoms with Gasteiger partial charge in [-0.15, -0.1) is 24.0 Å². The highest BCUT2D eigenvalue weighted by Crippen LogP contribution is 2.58. The lowest BCUT2D eigenvalue weighted by molar-refractivity contribution is 0.486. The Bertz CT molecular complexity index is 524. The van der Waals surface area contributed by atoms with Gasteiger partial charge in [-0.1, -0.05) is 24.3 Å². The van der Waals surface area contributed by atoms with Crippen molar-refractivity contribution in [2.75, 3.05) is 7.05 Å². The van der Waals surface area contributed by atoms with Crippen LogP contribution in [0.15, 0.2) is 29.3 Å². The van der Waals surface area contributed by atoms with Crippen molar-refractivity contribution in [3.63, 3.8) is 0 Å². The molecular weight excluding hydrogens is 349 g/mol. The molecule has 4 heteroatoms. The van der Waals surface area contributed by atoms with E-state index in [4.69, 9.17) is 10.7 Å². The fourth-order valence-electron chi connectivity index (χ4n) is 3.39. The molecule has 2 N–H and O–H groups in total. The van der Waals surface area contributed by atoms with E-state index in [-0.39, 0.29) is 24.0 Å². The largest absolute Gasteiger partial charge is 0.370 e. The van der Waals surface area contributed by atoms with Crippen LogP contribution in [-0.4, -0.2) is 30.0 Å². The summed E-state index contributed by atoms with van der Waals surface area (Å²) in [5, 5.41) is 0. The number of fused-ring (bicyclic) bond motifs is 3. The van der Waals surface area contributed by atoms with Gasteiger partial charge in [-0.2, -0.15) is 0 Å². The Morgan fingerprint density at radius 2 is 2.05 bits per heavy atom. The molecule has 3 aliphatic rings. The molecule has 0 saturated heterocycles. The van der Waals surface area contributed by atoms with Crippen LogP contribution in [0.2, 0.25) is 0 Å². The monoisotopic (exact) mass is 369 g/mol. The predicted octanol–water partition coefficient (Wildman–Crippen LogP) is 2.35. The zero-order chi connectivity index (χ0) is 12.3. The van der Waals surface area contributed by atoms with Crippen molar-refractivity contribution in [3.8, 4) is 0 Å². The summed E-state index contributed by atoms with van der Waals surface area (Å²) in [6, 6.07) is 9.88. The minimum atomic E-state index is 0. The topological polar surface area (TPSA) is 41.6 Å². The van der Waals surface area contributed by atoms with Crippen molar-refractivity contribution in [3.05, 3.63) is 35.4 Å². The van der Waals surface area contributed by atoms with E-state index in [1.807, 2.05) is 0 Å². The Balaban J connectivity index is 0.00000110. The molecule has 0 radical (unpaired) electrons. The lowest BCUT2D eigenvalue weighted by Gasteiger charge is -2.17. The molecule has 3 nitrogen and oxygen atoms in total. The molecule has 3 atom stereocenters. The molecular formula is C15H20IN3. The number of hydrogen-bond acceptors (Lipinski definition) is 1. The molecule has 2 saturated carbocycles. The second kappa shape index (κ2) is 4.65. The van der Waals surface area contributed by atoms with Crippen LogP contribution < -0.4 is 5.73 Å². The first kappa shape index (κ1) is 13.2. The van der Waals surface area contributed by atoms with E-state index in [1.54, 1.807) is 0 Å². The number of halogens is 1. The summed E-state index contributed by atoms with van der Waals surface area (Å²) >= 11 is 0. The van der Waals surface area contributed by atoms with Gasteiger partial charge in [0, 0.05) is 19.0 Å². The van der Waals surface area contributed by atoms with Crippen LogP contribution in [-0.2, 0) is 6.42 Å². The summed E-state index contributed by atoms with van der Waals surface area (Å²) in [7, 11) is 2.07. The fraction of sp³-hybridized carbons (Fsp3) is 0.533. The van der Waals surface area contributed by atoms with Gasteiger partial charge in [0.15, 0.2) is 5.96 Å². The predicted molar refractivity (Wildman–Crippen MR) is 88.0 cm³/mol. The second-order valence-electron chi connectivity index (χ2n) is 5.91. The Kier molecular flexibility index (Phi) is 3.23. The van der Waals surface area contributed by atoms with Crippen LogP contribution in [0.25, 0.3) is 0 Å². The highest BCUT2D eigenvalue weighted by molar-refractivity contribution is 14.0. The zero-order valence-corrected chi connectivity index (χ0v) is 13.5. The van der Waals surface area contributed by atoms with Gasteiger partial charge < -0.3 is 10.6 Å². The minimum Gasteiger partial charge on any atom is -0.370 e. The van der Waals surface area contributed by atoms with Crippen molar-refractivity contribution < 1.29 is 0 Å². The molecule has 0 aromatic heterocycles. The lowest BCUT2D eigenvalue weighted by Crippen LogP contribution is -2.36. The van der Waals surface area contributed by atoms with Crippen LogP contribution in [0.4, 0.5) is 0 Å². The average Bonchev–Trinajstić information content (AvgIpc) is 3.28. The third kappa shape index (κ3) is 2.14. The van der Waals surface area contributed by atoms with Gasteiger partial charge in [-0.25, -0.2) is 4.99 Å². The van der Waals surface area contributed by atoms with Crippen molar-refractivity contribution >= 4 is 29.9 Å². The van der Waals surface area contributed by atoms with E-state index in [2.05, 4.69) is 36.2 Å². The standard InChI is InChI=1S/C15H19N3.HI/c1-18(10-6-7-10)15(16)17-14-12-8-9-4-2-3-5-11(9)13(12)14;/h2-5,10,12-14H,6-8H2,1H3,(H2,16,17);1H. The van der Waals surface area contributed by atoms with Gasteiger partial charge in [0.1, 0.15) is 0 Å². The molecule has 2 fully saturated rings. The summed E-state index contributed by atoms with van der Waals surface area (Å²) < 4.78 is 0. The Morgan fingerprint density at radius 1 is 1.32 bits per heavy atom. The van der Waals surface area contributed by atoms with Gasteiger partial charge in [0.25, 0.3) is 0 Å². The smallest absolute Gasteiger partial charge is 0.191 e. The third-order valence-corrected chi connectivity index (χ3v) is 4.73. The summed E-state index contributed by atoms with van der Waals surface area (Å²) in [4.78, 5) is 6.91. The SMILES string of the molecule is CN(C(N)=NC1C2Cc3ccccc3C21)C1CC1.I. The molecule has 0 amide bonds. The van der Waals surface area contributed by atoms with E-state index in [0.29, 0.717) is 23.9 Å². The van der Waals surface area contributed by atoms with E-state index >= 15 is 0 Å². The first-order valence-corrected chi connectivity index (χ1v) is 6.89. The van der Waals surface area contributed by atoms with Gasteiger partial charge in [-0.3, -0.25) is 0 Å². The van der Waals surface area contributed by atoms with Crippen LogP contribution >= 0.6 is 24.0 Å². The summed E-state index contributed by atoms with van der Waals surface area (Å²) in [6.45, 7) is 0. The van der Waals surface area contributed by atoms with Crippen LogP contribution in [0, 0.1) is 5.92 Å². The zero-order valence-electron chi connectivity index (χ0n) is 11.1. The molecule has 0 heterocycles. The van der Waals surface area contributed by atoms with Crippen molar-refractivity contribution in [1.82, 2.24) is 4.90 Å². The van der Waals surface area contributed by atoms with E-state index in [1.165, 1.54) is 30.4 Å². The second-order valence-corrected chi connectivity index (χ2v) is 5.91. The Hall–Kier alpha value is -0.780. The van der Waals surface area contributed by atoms with Crippen LogP contribution in [0.1, 0.15) is 29.9 Å². The number of hydrogen-bond donors (Lipinski definition) is 1. The normalized spacial score (nSPS) is 31.2. The maximum Gasteiger partial charge on any atom is 0.191 e. The third-order valence-electron chi connectivity index (χ3n) is 4.73. The number of aliphatic imine (C=N–C) groups is 1. The first-order valence-electron chi connectivity index (χ1n) is 6.89. The maximum absolute atomic E-state index is 6.10. The van der Waals surface area contributed by atoms with Crippen molar-refractivity contribution in [2.24, 2.45) is 16.6 Å². The van der Waals surface area contributed by atoms with Crippen LogP contribution in [0.3, 0.4) is 0 Å². The summed E-state index contributed by atoms with van der Waals surface area (Å²) in [5.74, 6) is 2.11. The van der Waals surface area contributed by atoms with Gasteiger partial charge in [0.2, 0.25) is 0 Å². The fourth-order valence-corrected chi connectivity index (χ4v) is 3.39. The molecule has 3 unspecified atom stereocenters. The Morgan fingerprint density at radius 3 is 2.79 bits per heavy atom. The van der Waals surface area contributed by atoms with E-state index in [0.717, 1.165) is 5.96 Å². The molecule has 0 spiro atoms. The number of rotatable bonds is 2. The first-order chi connectivity index (χ1) is 8.75. The minimum absolute atomic E-state index is 0. The Labute approximate surface area is 131 Å². The molecule has 0 bridgehead atoms. The lowest BCUT2D eigenvalue weighted by atomic mass is 10.1. The molecule has 1 aromatic carbocycles. The summed E-state index contributed by atoms with van der Waals surface area (Å²) in [5.41, 5.74) is 9.13. The molecule has 19 heavy (non-hydrogen) atoms. The quantitative estimate of drug-likeness (QED) is 0.494. The number of benzene rings is 1. The molecule has 3 aliphatic carbocycles. The van der Waals surface area contributed by atoms with Crippen molar-refractivity contribution in [1.29, 1.82) is 0 Å². The van der Waals surface area contributed by atoms with Crippen molar-refractivity contribution in [2.45, 2.75) is 37.3 Å². The average molecular weight is 369 g/mol. The summed E-state index contributed by atoms with van der Waals surface area (Å²) in [6.07, 6.45) is 3.73. The molecule has 1 aromatic rings. The number of nitrogens with zero attached hydrogens (tertiary/aromatic N) is 2. The van der Waals surface area contributed by atoms with Gasteiger partial charge in [-0.05, 0) is 36.3 Å². The van der Waals surface area contributed by atoms with E-state index in [9.17, 15) is 0 Å². The molecule has 102 valence electrons. The number of nitrogens with two attached hydrogens (primary N) is 1. The highest BCUT2D eigenvalue weighted by Gasteiger charge is 2.56. The molecule has 4 rings (SSSR count). The number of guanidine groups is 1. The van der Waals surface area contributed by atoms with E-state index < -0.39 is 0 Å².